The molecule has 4 rings (SSSR count). The summed E-state index contributed by atoms with van der Waals surface area (Å²) in [5, 5.41) is 11.3. The first kappa shape index (κ1) is 21.2. The average Bonchev–Trinajstić information content (AvgIpc) is 3.42. The first-order chi connectivity index (χ1) is 15.1. The van der Waals surface area contributed by atoms with Gasteiger partial charge in [0.25, 0.3) is 0 Å². The molecule has 0 saturated heterocycles. The van der Waals surface area contributed by atoms with Crippen LogP contribution in [0.4, 0.5) is 4.79 Å². The Balaban J connectivity index is 1.30. The third-order valence-electron chi connectivity index (χ3n) is 5.69. The van der Waals surface area contributed by atoms with Gasteiger partial charge in [-0.15, -0.1) is 0 Å². The fourth-order valence-electron chi connectivity index (χ4n) is 4.10. The molecule has 0 aromatic heterocycles. The molecular formula is C22H30N6O3. The first-order valence-corrected chi connectivity index (χ1v) is 10.9. The van der Waals surface area contributed by atoms with Crippen molar-refractivity contribution in [3.05, 3.63) is 47.1 Å². The summed E-state index contributed by atoms with van der Waals surface area (Å²) in [6.07, 6.45) is 15.1. The molecule has 2 amide bonds. The van der Waals surface area contributed by atoms with Gasteiger partial charge in [0.2, 0.25) is 0 Å². The van der Waals surface area contributed by atoms with Gasteiger partial charge in [-0.25, -0.2) is 10.2 Å². The van der Waals surface area contributed by atoms with Crippen molar-refractivity contribution >= 4 is 18.2 Å². The highest BCUT2D eigenvalue weighted by atomic mass is 16.5. The van der Waals surface area contributed by atoms with Crippen LogP contribution in [0.25, 0.3) is 0 Å². The lowest BCUT2D eigenvalue weighted by Gasteiger charge is -2.26. The van der Waals surface area contributed by atoms with Crippen LogP contribution >= 0.6 is 0 Å². The molecule has 0 aromatic carbocycles. The number of hydrazine groups is 1. The molecule has 166 valence electrons. The Bertz CT molecular complexity index is 866. The summed E-state index contributed by atoms with van der Waals surface area (Å²) >= 11 is 0. The van der Waals surface area contributed by atoms with Crippen molar-refractivity contribution < 1.29 is 14.3 Å². The van der Waals surface area contributed by atoms with Gasteiger partial charge in [-0.1, -0.05) is 12.8 Å². The number of dihydropyridines is 2. The zero-order valence-electron chi connectivity index (χ0n) is 17.8. The summed E-state index contributed by atoms with van der Waals surface area (Å²) in [5.41, 5.74) is 6.41. The predicted molar refractivity (Wildman–Crippen MR) is 118 cm³/mol. The second-order valence-corrected chi connectivity index (χ2v) is 8.13. The Kier molecular flexibility index (Phi) is 6.71. The first-order valence-electron chi connectivity index (χ1n) is 10.9. The average molecular weight is 427 g/mol. The quantitative estimate of drug-likeness (QED) is 0.364. The van der Waals surface area contributed by atoms with Crippen molar-refractivity contribution in [3.8, 4) is 0 Å². The Hall–Kier alpha value is -3.07. The maximum atomic E-state index is 12.3. The molecule has 0 radical (unpaired) electrons. The summed E-state index contributed by atoms with van der Waals surface area (Å²) in [7, 11) is 0. The maximum Gasteiger partial charge on any atom is 0.320 e. The molecule has 4 N–H and O–H groups in total. The van der Waals surface area contributed by atoms with Crippen LogP contribution in [-0.2, 0) is 9.53 Å². The number of hydrogen-bond donors (Lipinski definition) is 4. The SMILES string of the molecule is CC(=O)OCCCN1C=C(C2=CC3NC(NC(=O)NC4CCCC4)=CC=C3N=C2)CN1. The lowest BCUT2D eigenvalue weighted by Crippen LogP contribution is -2.46. The third kappa shape index (κ3) is 5.75. The summed E-state index contributed by atoms with van der Waals surface area (Å²) in [4.78, 5) is 27.7. The molecule has 1 fully saturated rings. The van der Waals surface area contributed by atoms with Gasteiger partial charge in [0.1, 0.15) is 5.82 Å². The van der Waals surface area contributed by atoms with E-state index in [-0.39, 0.29) is 24.1 Å². The highest BCUT2D eigenvalue weighted by Crippen LogP contribution is 2.23. The van der Waals surface area contributed by atoms with Gasteiger partial charge >= 0.3 is 12.0 Å². The topological polar surface area (TPSA) is 107 Å². The van der Waals surface area contributed by atoms with Gasteiger partial charge in [0, 0.05) is 44.9 Å². The van der Waals surface area contributed by atoms with E-state index in [1.165, 1.54) is 19.8 Å². The maximum absolute atomic E-state index is 12.3. The summed E-state index contributed by atoms with van der Waals surface area (Å²) in [6.45, 7) is 3.29. The second kappa shape index (κ2) is 9.82. The van der Waals surface area contributed by atoms with Crippen molar-refractivity contribution in [1.29, 1.82) is 0 Å². The summed E-state index contributed by atoms with van der Waals surface area (Å²) < 4.78 is 4.98. The Labute approximate surface area is 182 Å². The number of nitrogens with one attached hydrogen (secondary N) is 4. The molecule has 31 heavy (non-hydrogen) atoms. The molecule has 9 nitrogen and oxygen atoms in total. The molecule has 0 spiro atoms. The minimum absolute atomic E-state index is 0.0919. The predicted octanol–water partition coefficient (Wildman–Crippen LogP) is 1.59. The molecule has 1 aliphatic carbocycles. The van der Waals surface area contributed by atoms with E-state index in [9.17, 15) is 9.59 Å². The molecule has 0 aromatic rings. The molecular weight excluding hydrogens is 396 g/mol. The number of esters is 1. The largest absolute Gasteiger partial charge is 0.466 e. The van der Waals surface area contributed by atoms with Crippen LogP contribution in [0.3, 0.4) is 0 Å². The molecule has 9 heteroatoms. The van der Waals surface area contributed by atoms with Crippen LogP contribution in [0.5, 0.6) is 0 Å². The molecule has 0 bridgehead atoms. The standard InChI is InChI=1S/C22H30N6O3/c1-15(29)31-10-4-9-28-14-17(13-24-28)16-11-20-19(23-12-16)7-8-21(26-20)27-22(30)25-18-5-2-3-6-18/h7-8,11-12,14,18,20,24,26H,2-6,9-10,13H2,1H3,(H2,25,27,30). The number of hydrogen-bond acceptors (Lipinski definition) is 7. The number of nitrogens with zero attached hydrogens (tertiary/aromatic N) is 2. The number of aliphatic imine (C=N–C) groups is 1. The lowest BCUT2D eigenvalue weighted by atomic mass is 10.00. The lowest BCUT2D eigenvalue weighted by molar-refractivity contribution is -0.141. The van der Waals surface area contributed by atoms with E-state index in [0.29, 0.717) is 19.0 Å². The van der Waals surface area contributed by atoms with Gasteiger partial charge in [-0.2, -0.15) is 0 Å². The van der Waals surface area contributed by atoms with Gasteiger partial charge in [-0.3, -0.25) is 15.1 Å². The zero-order chi connectivity index (χ0) is 21.6. The minimum Gasteiger partial charge on any atom is -0.466 e. The van der Waals surface area contributed by atoms with Crippen molar-refractivity contribution in [3.63, 3.8) is 0 Å². The van der Waals surface area contributed by atoms with Crippen LogP contribution in [0.15, 0.2) is 52.1 Å². The number of allylic oxidation sites excluding steroid dienone is 2. The fraction of sp³-hybridized carbons (Fsp3) is 0.500. The number of carbonyl (C=O) groups excluding carboxylic acids is 2. The number of urea groups is 1. The van der Waals surface area contributed by atoms with Crippen LogP contribution in [0.2, 0.25) is 0 Å². The van der Waals surface area contributed by atoms with Gasteiger partial charge in [-0.05, 0) is 42.2 Å². The number of amides is 2. The summed E-state index contributed by atoms with van der Waals surface area (Å²) in [5.74, 6) is 0.416. The van der Waals surface area contributed by atoms with Gasteiger partial charge in [0.15, 0.2) is 0 Å². The van der Waals surface area contributed by atoms with E-state index in [1.807, 2.05) is 23.4 Å². The number of fused-ring (bicyclic) bond motifs is 1. The summed E-state index contributed by atoms with van der Waals surface area (Å²) in [6, 6.07) is 0.0173. The highest BCUT2D eigenvalue weighted by Gasteiger charge is 2.24. The Morgan fingerprint density at radius 2 is 2.13 bits per heavy atom. The van der Waals surface area contributed by atoms with E-state index in [2.05, 4.69) is 38.6 Å². The Morgan fingerprint density at radius 1 is 1.29 bits per heavy atom. The van der Waals surface area contributed by atoms with Gasteiger partial charge < -0.3 is 20.4 Å². The van der Waals surface area contributed by atoms with Crippen molar-refractivity contribution in [2.24, 2.45) is 4.99 Å². The molecule has 3 aliphatic heterocycles. The van der Waals surface area contributed by atoms with E-state index >= 15 is 0 Å². The van der Waals surface area contributed by atoms with Crippen molar-refractivity contribution in [1.82, 2.24) is 26.4 Å². The van der Waals surface area contributed by atoms with E-state index in [1.54, 1.807) is 0 Å². The van der Waals surface area contributed by atoms with E-state index in [4.69, 9.17) is 4.74 Å². The van der Waals surface area contributed by atoms with E-state index in [0.717, 1.165) is 42.7 Å². The number of carbonyl (C=O) groups is 2. The van der Waals surface area contributed by atoms with Crippen LogP contribution < -0.4 is 21.4 Å². The smallest absolute Gasteiger partial charge is 0.320 e. The van der Waals surface area contributed by atoms with Crippen molar-refractivity contribution in [2.75, 3.05) is 19.7 Å². The monoisotopic (exact) mass is 426 g/mol. The molecule has 1 unspecified atom stereocenters. The minimum atomic E-state index is -0.253. The van der Waals surface area contributed by atoms with Crippen LogP contribution in [-0.4, -0.2) is 55.0 Å². The normalized spacial score (nSPS) is 22.6. The Morgan fingerprint density at radius 3 is 2.94 bits per heavy atom. The molecule has 3 heterocycles. The molecule has 1 atom stereocenters. The molecule has 1 saturated carbocycles. The van der Waals surface area contributed by atoms with Crippen LogP contribution in [0, 0.1) is 0 Å². The fourth-order valence-corrected chi connectivity index (χ4v) is 4.10. The van der Waals surface area contributed by atoms with Gasteiger partial charge in [0.05, 0.1) is 18.3 Å². The number of ether oxygens (including phenoxy) is 1. The second-order valence-electron chi connectivity index (χ2n) is 8.13. The number of rotatable bonds is 7. The molecule has 4 aliphatic rings. The highest BCUT2D eigenvalue weighted by molar-refractivity contribution is 5.87. The van der Waals surface area contributed by atoms with Crippen molar-refractivity contribution in [2.45, 2.75) is 51.1 Å². The van der Waals surface area contributed by atoms with E-state index < -0.39 is 0 Å². The third-order valence-corrected chi connectivity index (χ3v) is 5.69. The van der Waals surface area contributed by atoms with Crippen LogP contribution in [0.1, 0.15) is 39.0 Å². The zero-order valence-corrected chi connectivity index (χ0v) is 17.8.